The Labute approximate surface area is 123 Å². The lowest BCUT2D eigenvalue weighted by atomic mass is 10.1. The molecule has 1 aliphatic rings. The van der Waals surface area contributed by atoms with E-state index in [9.17, 15) is 4.79 Å². The van der Waals surface area contributed by atoms with Crippen molar-refractivity contribution in [3.8, 4) is 5.75 Å². The number of benzene rings is 1. The Bertz CT molecular complexity index is 424. The molecule has 1 saturated heterocycles. The van der Waals surface area contributed by atoms with Gasteiger partial charge in [-0.05, 0) is 43.0 Å². The normalized spacial score (nSPS) is 16.7. The maximum Gasteiger partial charge on any atom is 0.263 e. The van der Waals surface area contributed by atoms with Gasteiger partial charge in [0.25, 0.3) is 5.91 Å². The Balaban J connectivity index is 2.07. The zero-order valence-corrected chi connectivity index (χ0v) is 13.0. The molecule has 2 rings (SSSR count). The maximum absolute atomic E-state index is 12.4. The van der Waals surface area contributed by atoms with Crippen LogP contribution in [0.25, 0.3) is 0 Å². The molecule has 4 heteroatoms. The highest BCUT2D eigenvalue weighted by Gasteiger charge is 2.30. The quantitative estimate of drug-likeness (QED) is 0.848. The van der Waals surface area contributed by atoms with E-state index in [0.717, 1.165) is 36.2 Å². The lowest BCUT2D eigenvalue weighted by molar-refractivity contribution is -0.139. The summed E-state index contributed by atoms with van der Waals surface area (Å²) in [6, 6.07) is 7.62. The van der Waals surface area contributed by atoms with Crippen molar-refractivity contribution in [2.75, 3.05) is 13.1 Å². The zero-order chi connectivity index (χ0) is 13.8. The van der Waals surface area contributed by atoms with Crippen LogP contribution in [0.15, 0.2) is 28.7 Å². The number of ether oxygens (including phenoxy) is 1. The Morgan fingerprint density at radius 3 is 2.32 bits per heavy atom. The summed E-state index contributed by atoms with van der Waals surface area (Å²) in [7, 11) is 0. The number of likely N-dealkylation sites (tertiary alicyclic amines) is 1. The van der Waals surface area contributed by atoms with Crippen LogP contribution in [0.3, 0.4) is 0 Å². The summed E-state index contributed by atoms with van der Waals surface area (Å²) in [6.45, 7) is 5.78. The third-order valence-electron chi connectivity index (χ3n) is 3.34. The minimum atomic E-state index is -0.390. The van der Waals surface area contributed by atoms with Crippen LogP contribution in [-0.4, -0.2) is 30.0 Å². The maximum atomic E-state index is 12.4. The molecule has 3 nitrogen and oxygen atoms in total. The average Bonchev–Trinajstić information content (AvgIpc) is 2.91. The van der Waals surface area contributed by atoms with E-state index < -0.39 is 0 Å². The lowest BCUT2D eigenvalue weighted by Crippen LogP contribution is -2.43. The van der Waals surface area contributed by atoms with Crippen LogP contribution in [-0.2, 0) is 4.79 Å². The van der Waals surface area contributed by atoms with Crippen molar-refractivity contribution in [2.45, 2.75) is 32.8 Å². The molecule has 1 amide bonds. The summed E-state index contributed by atoms with van der Waals surface area (Å²) in [4.78, 5) is 14.4. The molecule has 0 radical (unpaired) electrons. The van der Waals surface area contributed by atoms with Gasteiger partial charge in [-0.15, -0.1) is 0 Å². The predicted molar refractivity (Wildman–Crippen MR) is 79.2 cm³/mol. The fourth-order valence-electron chi connectivity index (χ4n) is 2.25. The van der Waals surface area contributed by atoms with Gasteiger partial charge in [0.1, 0.15) is 5.75 Å². The molecule has 104 valence electrons. The van der Waals surface area contributed by atoms with Crippen molar-refractivity contribution < 1.29 is 9.53 Å². The highest BCUT2D eigenvalue weighted by molar-refractivity contribution is 9.10. The van der Waals surface area contributed by atoms with Gasteiger partial charge in [0.2, 0.25) is 0 Å². The van der Waals surface area contributed by atoms with Crippen molar-refractivity contribution in [3.05, 3.63) is 28.7 Å². The van der Waals surface area contributed by atoms with E-state index in [1.54, 1.807) is 0 Å². The Morgan fingerprint density at radius 2 is 1.79 bits per heavy atom. The number of hydrogen-bond donors (Lipinski definition) is 0. The van der Waals surface area contributed by atoms with Crippen LogP contribution in [0, 0.1) is 5.92 Å². The fraction of sp³-hybridized carbons (Fsp3) is 0.533. The Hall–Kier alpha value is -1.03. The second kappa shape index (κ2) is 6.42. The molecule has 0 aliphatic carbocycles. The van der Waals surface area contributed by atoms with Crippen LogP contribution in [0.2, 0.25) is 0 Å². The smallest absolute Gasteiger partial charge is 0.263 e. The van der Waals surface area contributed by atoms with E-state index in [2.05, 4.69) is 15.9 Å². The number of nitrogens with zero attached hydrogens (tertiary/aromatic N) is 1. The summed E-state index contributed by atoms with van der Waals surface area (Å²) in [5.41, 5.74) is 0. The highest BCUT2D eigenvalue weighted by atomic mass is 79.9. The van der Waals surface area contributed by atoms with Crippen LogP contribution in [0.5, 0.6) is 5.75 Å². The van der Waals surface area contributed by atoms with E-state index in [4.69, 9.17) is 4.74 Å². The van der Waals surface area contributed by atoms with Crippen LogP contribution < -0.4 is 4.74 Å². The number of rotatable bonds is 4. The van der Waals surface area contributed by atoms with Crippen molar-refractivity contribution in [2.24, 2.45) is 5.92 Å². The fourth-order valence-corrected chi connectivity index (χ4v) is 2.51. The van der Waals surface area contributed by atoms with Crippen LogP contribution in [0.1, 0.15) is 26.7 Å². The van der Waals surface area contributed by atoms with E-state index in [1.165, 1.54) is 0 Å². The third-order valence-corrected chi connectivity index (χ3v) is 3.87. The summed E-state index contributed by atoms with van der Waals surface area (Å²) in [5, 5.41) is 0. The van der Waals surface area contributed by atoms with Gasteiger partial charge in [-0.2, -0.15) is 0 Å². The summed E-state index contributed by atoms with van der Waals surface area (Å²) in [5.74, 6) is 1.03. The molecule has 0 spiro atoms. The van der Waals surface area contributed by atoms with Gasteiger partial charge in [0.15, 0.2) is 6.10 Å². The number of amides is 1. The first kappa shape index (κ1) is 14.4. The predicted octanol–water partition coefficient (Wildman–Crippen LogP) is 3.47. The minimum Gasteiger partial charge on any atom is -0.480 e. The monoisotopic (exact) mass is 325 g/mol. The Kier molecular flexibility index (Phi) is 4.86. The summed E-state index contributed by atoms with van der Waals surface area (Å²) in [6.07, 6.45) is 1.82. The molecule has 0 saturated carbocycles. The van der Waals surface area contributed by atoms with E-state index in [-0.39, 0.29) is 17.9 Å². The first-order chi connectivity index (χ1) is 9.08. The topological polar surface area (TPSA) is 29.5 Å². The van der Waals surface area contributed by atoms with Crippen molar-refractivity contribution in [1.82, 2.24) is 4.90 Å². The molecular formula is C15H20BrNO2. The largest absolute Gasteiger partial charge is 0.480 e. The van der Waals surface area contributed by atoms with Gasteiger partial charge in [-0.3, -0.25) is 4.79 Å². The number of hydrogen-bond acceptors (Lipinski definition) is 2. The minimum absolute atomic E-state index is 0.121. The molecule has 1 atom stereocenters. The molecule has 1 aliphatic heterocycles. The van der Waals surface area contributed by atoms with Gasteiger partial charge < -0.3 is 9.64 Å². The molecule has 1 aromatic carbocycles. The first-order valence-electron chi connectivity index (χ1n) is 6.79. The van der Waals surface area contributed by atoms with Gasteiger partial charge in [-0.25, -0.2) is 0 Å². The van der Waals surface area contributed by atoms with Gasteiger partial charge in [-0.1, -0.05) is 29.8 Å². The zero-order valence-electron chi connectivity index (χ0n) is 11.4. The van der Waals surface area contributed by atoms with E-state index >= 15 is 0 Å². The Morgan fingerprint density at radius 1 is 1.21 bits per heavy atom. The van der Waals surface area contributed by atoms with Gasteiger partial charge in [0, 0.05) is 17.6 Å². The van der Waals surface area contributed by atoms with Gasteiger partial charge in [0.05, 0.1) is 0 Å². The van der Waals surface area contributed by atoms with Crippen molar-refractivity contribution in [3.63, 3.8) is 0 Å². The molecule has 0 N–H and O–H groups in total. The summed E-state index contributed by atoms with van der Waals surface area (Å²) < 4.78 is 6.90. The van der Waals surface area contributed by atoms with Crippen molar-refractivity contribution in [1.29, 1.82) is 0 Å². The number of carbonyl (C=O) groups excluding carboxylic acids is 1. The van der Waals surface area contributed by atoms with Crippen LogP contribution >= 0.6 is 15.9 Å². The molecule has 0 bridgehead atoms. The number of carbonyl (C=O) groups is 1. The van der Waals surface area contributed by atoms with E-state index in [0.29, 0.717) is 0 Å². The molecule has 1 unspecified atom stereocenters. The molecule has 1 heterocycles. The first-order valence-corrected chi connectivity index (χ1v) is 7.58. The van der Waals surface area contributed by atoms with Crippen LogP contribution in [0.4, 0.5) is 0 Å². The second-order valence-electron chi connectivity index (χ2n) is 5.27. The SMILES string of the molecule is CC(C)C(Oc1ccc(Br)cc1)C(=O)N1CCCC1. The standard InChI is InChI=1S/C15H20BrNO2/c1-11(2)14(15(18)17-9-3-4-10-17)19-13-7-5-12(16)6-8-13/h5-8,11,14H,3-4,9-10H2,1-2H3. The molecule has 1 aromatic rings. The molecule has 19 heavy (non-hydrogen) atoms. The molecule has 1 fully saturated rings. The molecular weight excluding hydrogens is 306 g/mol. The second-order valence-corrected chi connectivity index (χ2v) is 6.18. The highest BCUT2D eigenvalue weighted by Crippen LogP contribution is 2.21. The average molecular weight is 326 g/mol. The number of halogens is 1. The van der Waals surface area contributed by atoms with E-state index in [1.807, 2.05) is 43.0 Å². The van der Waals surface area contributed by atoms with Crippen molar-refractivity contribution >= 4 is 21.8 Å². The van der Waals surface area contributed by atoms with Gasteiger partial charge >= 0.3 is 0 Å². The summed E-state index contributed by atoms with van der Waals surface area (Å²) >= 11 is 3.39. The lowest BCUT2D eigenvalue weighted by Gasteiger charge is -2.26. The third kappa shape index (κ3) is 3.72. The molecule has 0 aromatic heterocycles.